The Hall–Kier alpha value is -2.54. The number of amides is 2. The largest absolute Gasteiger partial charge is 0.444 e. The first-order valence-corrected chi connectivity index (χ1v) is 12.6. The molecule has 2 fully saturated rings. The molecule has 1 aromatic heterocycles. The number of halogens is 1. The first-order valence-electron chi connectivity index (χ1n) is 12.3. The summed E-state index contributed by atoms with van der Waals surface area (Å²) in [6.45, 7) is 9.44. The number of fused-ring (bicyclic) bond motifs is 1. The van der Waals surface area contributed by atoms with Crippen molar-refractivity contribution in [3.05, 3.63) is 51.3 Å². The SMILES string of the molecule is Cc1c(C(=O)N2CCc3cc(Cl)cc([C@@H]4CCCN4C(=O)OC(C)(C)C)c3C2)cnn1C1CC1. The van der Waals surface area contributed by atoms with Crippen LogP contribution in [-0.2, 0) is 17.7 Å². The summed E-state index contributed by atoms with van der Waals surface area (Å²) in [5.41, 5.74) is 4.38. The Morgan fingerprint density at radius 2 is 1.91 bits per heavy atom. The third kappa shape index (κ3) is 4.42. The highest BCUT2D eigenvalue weighted by Gasteiger charge is 2.37. The molecule has 2 aliphatic heterocycles. The molecule has 3 aliphatic rings. The Bertz CT molecular complexity index is 1130. The monoisotopic (exact) mass is 484 g/mol. The molecule has 0 radical (unpaired) electrons. The summed E-state index contributed by atoms with van der Waals surface area (Å²) < 4.78 is 7.68. The Labute approximate surface area is 206 Å². The van der Waals surface area contributed by atoms with Gasteiger partial charge in [0, 0.05) is 30.4 Å². The minimum Gasteiger partial charge on any atom is -0.444 e. The fourth-order valence-corrected chi connectivity index (χ4v) is 5.50. The molecule has 0 spiro atoms. The standard InChI is InChI=1S/C26H33ClN4O3/c1-16-21(14-28-31(16)19-7-8-19)24(32)29-11-9-17-12-18(27)13-20(22(17)15-29)23-6-5-10-30(23)25(33)34-26(2,3)4/h12-14,19,23H,5-11,15H2,1-4H3/t23-/m0/s1. The lowest BCUT2D eigenvalue weighted by Gasteiger charge is -2.34. The summed E-state index contributed by atoms with van der Waals surface area (Å²) in [6.07, 6.45) is 6.19. The Morgan fingerprint density at radius 1 is 1.15 bits per heavy atom. The average Bonchev–Trinajstić information content (AvgIpc) is 3.35. The van der Waals surface area contributed by atoms with Crippen LogP contribution in [-0.4, -0.2) is 50.3 Å². The molecular weight excluding hydrogens is 452 g/mol. The van der Waals surface area contributed by atoms with Crippen molar-refractivity contribution < 1.29 is 14.3 Å². The van der Waals surface area contributed by atoms with Crippen LogP contribution in [0.3, 0.4) is 0 Å². The molecule has 5 rings (SSSR count). The second-order valence-electron chi connectivity index (χ2n) is 10.8. The van der Waals surface area contributed by atoms with Gasteiger partial charge in [-0.3, -0.25) is 9.48 Å². The number of benzene rings is 1. The van der Waals surface area contributed by atoms with E-state index in [0.717, 1.165) is 54.5 Å². The number of carbonyl (C=O) groups is 2. The van der Waals surface area contributed by atoms with Gasteiger partial charge in [0.25, 0.3) is 5.91 Å². The molecule has 3 heterocycles. The van der Waals surface area contributed by atoms with Crippen molar-refractivity contribution in [3.8, 4) is 0 Å². The fourth-order valence-electron chi connectivity index (χ4n) is 5.25. The number of ether oxygens (including phenoxy) is 1. The summed E-state index contributed by atoms with van der Waals surface area (Å²) in [5.74, 6) is 0.0198. The fraction of sp³-hybridized carbons (Fsp3) is 0.577. The lowest BCUT2D eigenvalue weighted by atomic mass is 9.90. The third-order valence-electron chi connectivity index (χ3n) is 7.04. The van der Waals surface area contributed by atoms with Gasteiger partial charge in [-0.25, -0.2) is 4.79 Å². The molecule has 0 bridgehead atoms. The highest BCUT2D eigenvalue weighted by molar-refractivity contribution is 6.30. The summed E-state index contributed by atoms with van der Waals surface area (Å²) in [5, 5.41) is 5.15. The number of hydrogen-bond acceptors (Lipinski definition) is 4. The zero-order chi connectivity index (χ0) is 24.2. The van der Waals surface area contributed by atoms with Gasteiger partial charge >= 0.3 is 6.09 Å². The molecule has 1 atom stereocenters. The number of aromatic nitrogens is 2. The molecule has 34 heavy (non-hydrogen) atoms. The molecule has 1 saturated carbocycles. The number of hydrogen-bond donors (Lipinski definition) is 0. The van der Waals surface area contributed by atoms with Gasteiger partial charge in [-0.1, -0.05) is 11.6 Å². The molecule has 0 unspecified atom stereocenters. The van der Waals surface area contributed by atoms with Gasteiger partial charge in [0.2, 0.25) is 0 Å². The molecule has 182 valence electrons. The van der Waals surface area contributed by atoms with E-state index >= 15 is 0 Å². The van der Waals surface area contributed by atoms with Gasteiger partial charge in [-0.05, 0) is 88.6 Å². The van der Waals surface area contributed by atoms with E-state index in [9.17, 15) is 9.59 Å². The molecule has 1 aromatic carbocycles. The van der Waals surface area contributed by atoms with Crippen molar-refractivity contribution in [3.63, 3.8) is 0 Å². The molecule has 8 heteroatoms. The summed E-state index contributed by atoms with van der Waals surface area (Å²) >= 11 is 6.52. The van der Waals surface area contributed by atoms with Gasteiger partial charge in [-0.15, -0.1) is 0 Å². The second-order valence-corrected chi connectivity index (χ2v) is 11.2. The Balaban J connectivity index is 1.42. The molecule has 7 nitrogen and oxygen atoms in total. The van der Waals surface area contributed by atoms with Crippen molar-refractivity contribution in [1.82, 2.24) is 19.6 Å². The van der Waals surface area contributed by atoms with Crippen LogP contribution >= 0.6 is 11.6 Å². The Morgan fingerprint density at radius 3 is 2.62 bits per heavy atom. The highest BCUT2D eigenvalue weighted by atomic mass is 35.5. The maximum Gasteiger partial charge on any atom is 0.410 e. The maximum absolute atomic E-state index is 13.5. The molecule has 2 aromatic rings. The molecule has 1 aliphatic carbocycles. The lowest BCUT2D eigenvalue weighted by Crippen LogP contribution is -2.39. The van der Waals surface area contributed by atoms with Crippen LogP contribution in [0.15, 0.2) is 18.3 Å². The number of likely N-dealkylation sites (tertiary alicyclic amines) is 1. The summed E-state index contributed by atoms with van der Waals surface area (Å²) in [4.78, 5) is 30.2. The van der Waals surface area contributed by atoms with Crippen LogP contribution in [0, 0.1) is 6.92 Å². The third-order valence-corrected chi connectivity index (χ3v) is 7.25. The molecular formula is C26H33ClN4O3. The van der Waals surface area contributed by atoms with Crippen LogP contribution in [0.5, 0.6) is 0 Å². The zero-order valence-electron chi connectivity index (χ0n) is 20.4. The normalized spacial score (nSPS) is 20.4. The number of rotatable bonds is 3. The minimum absolute atomic E-state index is 0.0198. The van der Waals surface area contributed by atoms with E-state index in [1.165, 1.54) is 0 Å². The predicted molar refractivity (Wildman–Crippen MR) is 130 cm³/mol. The van der Waals surface area contributed by atoms with E-state index < -0.39 is 5.60 Å². The smallest absolute Gasteiger partial charge is 0.410 e. The van der Waals surface area contributed by atoms with E-state index in [1.54, 1.807) is 6.20 Å². The van der Waals surface area contributed by atoms with Crippen LogP contribution in [0.1, 0.15) is 91.3 Å². The minimum atomic E-state index is -0.552. The highest BCUT2D eigenvalue weighted by Crippen LogP contribution is 2.40. The van der Waals surface area contributed by atoms with Crippen LogP contribution < -0.4 is 0 Å². The zero-order valence-corrected chi connectivity index (χ0v) is 21.2. The second kappa shape index (κ2) is 8.59. The quantitative estimate of drug-likeness (QED) is 0.581. The Kier molecular flexibility index (Phi) is 5.87. The molecule has 0 N–H and O–H groups in total. The lowest BCUT2D eigenvalue weighted by molar-refractivity contribution is 0.0222. The van der Waals surface area contributed by atoms with Crippen LogP contribution in [0.25, 0.3) is 0 Å². The molecule has 2 amide bonds. The van der Waals surface area contributed by atoms with Crippen molar-refractivity contribution in [2.45, 2.75) is 84.0 Å². The predicted octanol–water partition coefficient (Wildman–Crippen LogP) is 5.45. The van der Waals surface area contributed by atoms with E-state index in [2.05, 4.69) is 5.10 Å². The van der Waals surface area contributed by atoms with E-state index in [0.29, 0.717) is 36.3 Å². The van der Waals surface area contributed by atoms with E-state index in [4.69, 9.17) is 16.3 Å². The van der Waals surface area contributed by atoms with Crippen molar-refractivity contribution in [2.75, 3.05) is 13.1 Å². The first-order chi connectivity index (χ1) is 16.1. The van der Waals surface area contributed by atoms with Gasteiger partial charge < -0.3 is 14.5 Å². The summed E-state index contributed by atoms with van der Waals surface area (Å²) in [7, 11) is 0. The molecule has 1 saturated heterocycles. The number of carbonyl (C=O) groups excluding carboxylic acids is 2. The van der Waals surface area contributed by atoms with E-state index in [1.807, 2.05) is 54.3 Å². The topological polar surface area (TPSA) is 67.7 Å². The van der Waals surface area contributed by atoms with Crippen LogP contribution in [0.4, 0.5) is 4.79 Å². The van der Waals surface area contributed by atoms with E-state index in [-0.39, 0.29) is 18.0 Å². The van der Waals surface area contributed by atoms with Crippen molar-refractivity contribution in [2.24, 2.45) is 0 Å². The van der Waals surface area contributed by atoms with Gasteiger partial charge in [0.05, 0.1) is 23.8 Å². The maximum atomic E-state index is 13.5. The number of nitrogens with zero attached hydrogens (tertiary/aromatic N) is 4. The van der Waals surface area contributed by atoms with Crippen molar-refractivity contribution >= 4 is 23.6 Å². The van der Waals surface area contributed by atoms with Gasteiger partial charge in [0.15, 0.2) is 0 Å². The van der Waals surface area contributed by atoms with Gasteiger partial charge in [-0.2, -0.15) is 5.10 Å². The first kappa shape index (κ1) is 23.2. The van der Waals surface area contributed by atoms with Crippen LogP contribution in [0.2, 0.25) is 5.02 Å². The van der Waals surface area contributed by atoms with Crippen molar-refractivity contribution in [1.29, 1.82) is 0 Å². The summed E-state index contributed by atoms with van der Waals surface area (Å²) in [6, 6.07) is 4.32. The average molecular weight is 485 g/mol. The van der Waals surface area contributed by atoms with Gasteiger partial charge in [0.1, 0.15) is 5.60 Å².